The number of alkyl halides is 3. The van der Waals surface area contributed by atoms with Gasteiger partial charge in [0.25, 0.3) is 0 Å². The maximum atomic E-state index is 13.4. The summed E-state index contributed by atoms with van der Waals surface area (Å²) in [5.74, 6) is -1.16. The topological polar surface area (TPSA) is 109 Å². The first-order valence-electron chi connectivity index (χ1n) is 12.3. The third kappa shape index (κ3) is 9.94. The van der Waals surface area contributed by atoms with Crippen LogP contribution in [0, 0.1) is 17.8 Å². The Kier molecular flexibility index (Phi) is 11.9. The van der Waals surface area contributed by atoms with Crippen LogP contribution < -0.4 is 20.7 Å². The van der Waals surface area contributed by atoms with Crippen molar-refractivity contribution in [1.82, 2.24) is 16.0 Å². The second-order valence-corrected chi connectivity index (χ2v) is 9.58. The molecule has 1 fully saturated rings. The second-order valence-electron chi connectivity index (χ2n) is 9.58. The Bertz CT molecular complexity index is 851. The number of carbonyl (C=O) groups is 2. The van der Waals surface area contributed by atoms with Crippen LogP contribution in [-0.2, 0) is 27.0 Å². The quantitative estimate of drug-likeness (QED) is 0.300. The highest BCUT2D eigenvalue weighted by Crippen LogP contribution is 2.33. The number of aliphatic hydroxyl groups is 1. The molecule has 1 saturated heterocycles. The molecule has 1 aromatic carbocycles. The van der Waals surface area contributed by atoms with Crippen LogP contribution in [0.3, 0.4) is 0 Å². The molecule has 0 saturated carbocycles. The van der Waals surface area contributed by atoms with Gasteiger partial charge in [0.15, 0.2) is 0 Å². The number of nitrogens with one attached hydrogen (secondary N) is 3. The van der Waals surface area contributed by atoms with E-state index in [9.17, 15) is 27.9 Å². The number of methoxy groups -OCH3 is 1. The molecule has 2 rings (SSSR count). The largest absolute Gasteiger partial charge is 0.493 e. The summed E-state index contributed by atoms with van der Waals surface area (Å²) >= 11 is 0. The first-order valence-corrected chi connectivity index (χ1v) is 12.3. The van der Waals surface area contributed by atoms with Gasteiger partial charge in [-0.15, -0.1) is 0 Å². The third-order valence-corrected chi connectivity index (χ3v) is 5.94. The lowest BCUT2D eigenvalue weighted by molar-refractivity contribution is -0.137. The van der Waals surface area contributed by atoms with Crippen LogP contribution >= 0.6 is 0 Å². The molecule has 36 heavy (non-hydrogen) atoms. The number of halogens is 3. The van der Waals surface area contributed by atoms with Gasteiger partial charge < -0.3 is 30.5 Å². The summed E-state index contributed by atoms with van der Waals surface area (Å²) in [7, 11) is 1.53. The van der Waals surface area contributed by atoms with E-state index in [1.807, 2.05) is 13.8 Å². The molecule has 1 unspecified atom stereocenters. The van der Waals surface area contributed by atoms with E-state index in [1.54, 1.807) is 0 Å². The number of hydrogen-bond donors (Lipinski definition) is 4. The Labute approximate surface area is 210 Å². The maximum absolute atomic E-state index is 13.4. The summed E-state index contributed by atoms with van der Waals surface area (Å²) in [5.41, 5.74) is -0.593. The zero-order chi connectivity index (χ0) is 26.7. The predicted molar refractivity (Wildman–Crippen MR) is 128 cm³/mol. The fourth-order valence-corrected chi connectivity index (χ4v) is 4.15. The van der Waals surface area contributed by atoms with Gasteiger partial charge in [-0.3, -0.25) is 9.59 Å². The van der Waals surface area contributed by atoms with E-state index in [4.69, 9.17) is 9.47 Å². The Morgan fingerprint density at radius 3 is 2.44 bits per heavy atom. The minimum Gasteiger partial charge on any atom is -0.493 e. The van der Waals surface area contributed by atoms with Gasteiger partial charge in [-0.05, 0) is 42.5 Å². The molecule has 4 N–H and O–H groups in total. The smallest absolute Gasteiger partial charge is 0.416 e. The van der Waals surface area contributed by atoms with Gasteiger partial charge in [0.2, 0.25) is 11.8 Å². The van der Waals surface area contributed by atoms with E-state index < -0.39 is 23.6 Å². The van der Waals surface area contributed by atoms with E-state index in [0.29, 0.717) is 44.9 Å². The molecule has 1 aromatic rings. The lowest BCUT2D eigenvalue weighted by Gasteiger charge is -2.30. The summed E-state index contributed by atoms with van der Waals surface area (Å²) in [6, 6.07) is 3.05. The molecule has 1 heterocycles. The minimum absolute atomic E-state index is 0.0704. The monoisotopic (exact) mass is 517 g/mol. The molecule has 1 aliphatic rings. The Morgan fingerprint density at radius 1 is 1.14 bits per heavy atom. The molecule has 0 aliphatic carbocycles. The lowest BCUT2D eigenvalue weighted by atomic mass is 9.88. The number of benzene rings is 1. The van der Waals surface area contributed by atoms with Gasteiger partial charge in [0.1, 0.15) is 5.75 Å². The molecule has 0 aromatic heterocycles. The molecule has 0 bridgehead atoms. The van der Waals surface area contributed by atoms with Crippen LogP contribution in [-0.4, -0.2) is 63.0 Å². The normalized spacial score (nSPS) is 19.1. The van der Waals surface area contributed by atoms with Gasteiger partial charge in [-0.1, -0.05) is 13.8 Å². The molecular formula is C25H38F3N3O5. The SMILES string of the molecule is COCCCOc1cc(CNC(=O)[C@H]2CNC[C@@H](C(=O)NC(CO)CC(C)C)C2)cc(C(F)(F)F)c1. The van der Waals surface area contributed by atoms with E-state index in [-0.39, 0.29) is 48.9 Å². The van der Waals surface area contributed by atoms with Gasteiger partial charge >= 0.3 is 6.18 Å². The molecule has 1 aliphatic heterocycles. The molecule has 11 heteroatoms. The van der Waals surface area contributed by atoms with Crippen molar-refractivity contribution >= 4 is 11.8 Å². The molecule has 0 radical (unpaired) electrons. The number of rotatable bonds is 13. The molecule has 204 valence electrons. The van der Waals surface area contributed by atoms with Crippen molar-refractivity contribution in [3.63, 3.8) is 0 Å². The zero-order valence-electron chi connectivity index (χ0n) is 21.1. The van der Waals surface area contributed by atoms with Gasteiger partial charge in [0.05, 0.1) is 36.7 Å². The number of ether oxygens (including phenoxy) is 2. The van der Waals surface area contributed by atoms with E-state index in [2.05, 4.69) is 16.0 Å². The summed E-state index contributed by atoms with van der Waals surface area (Å²) in [6.45, 7) is 5.13. The van der Waals surface area contributed by atoms with Crippen molar-refractivity contribution in [3.8, 4) is 5.75 Å². The summed E-state index contributed by atoms with van der Waals surface area (Å²) < 4.78 is 50.4. The van der Waals surface area contributed by atoms with E-state index in [1.165, 1.54) is 13.2 Å². The minimum atomic E-state index is -4.56. The number of amides is 2. The zero-order valence-corrected chi connectivity index (χ0v) is 21.1. The molecular weight excluding hydrogens is 479 g/mol. The van der Waals surface area contributed by atoms with Crippen molar-refractivity contribution in [2.45, 2.75) is 51.9 Å². The van der Waals surface area contributed by atoms with Crippen molar-refractivity contribution in [2.24, 2.45) is 17.8 Å². The highest BCUT2D eigenvalue weighted by atomic mass is 19.4. The fourth-order valence-electron chi connectivity index (χ4n) is 4.15. The van der Waals surface area contributed by atoms with Crippen molar-refractivity contribution in [3.05, 3.63) is 29.3 Å². The number of piperidine rings is 1. The molecule has 2 amide bonds. The average Bonchev–Trinajstić information content (AvgIpc) is 2.83. The fraction of sp³-hybridized carbons (Fsp3) is 0.680. The van der Waals surface area contributed by atoms with Crippen LogP contribution in [0.2, 0.25) is 0 Å². The summed E-state index contributed by atoms with van der Waals surface area (Å²) in [4.78, 5) is 25.5. The highest BCUT2D eigenvalue weighted by molar-refractivity contribution is 5.83. The Hall–Kier alpha value is -2.37. The van der Waals surface area contributed by atoms with Crippen LogP contribution in [0.5, 0.6) is 5.75 Å². The standard InChI is InChI=1S/C25H38F3N3O5/c1-16(2)7-21(15-32)31-24(34)19-10-18(13-29-14-19)23(33)30-12-17-8-20(25(26,27)28)11-22(9-17)36-6-4-5-35-3/h8-9,11,16,18-19,21,29,32H,4-7,10,12-15H2,1-3H3,(H,30,33)(H,31,34)/t18-,19+,21?/m1/s1. The average molecular weight is 518 g/mol. The van der Waals surface area contributed by atoms with Crippen LogP contribution in [0.25, 0.3) is 0 Å². The summed E-state index contributed by atoms with van der Waals surface area (Å²) in [5, 5.41) is 18.1. The number of hydrogen-bond acceptors (Lipinski definition) is 6. The second kappa shape index (κ2) is 14.4. The van der Waals surface area contributed by atoms with Crippen molar-refractivity contribution in [2.75, 3.05) is 40.0 Å². The van der Waals surface area contributed by atoms with Crippen molar-refractivity contribution < 1.29 is 37.3 Å². The summed E-state index contributed by atoms with van der Waals surface area (Å²) in [6.07, 6.45) is -3.08. The van der Waals surface area contributed by atoms with E-state index in [0.717, 1.165) is 12.1 Å². The van der Waals surface area contributed by atoms with Crippen LogP contribution in [0.15, 0.2) is 18.2 Å². The number of aliphatic hydroxyl groups excluding tert-OH is 1. The van der Waals surface area contributed by atoms with E-state index >= 15 is 0 Å². The lowest BCUT2D eigenvalue weighted by Crippen LogP contribution is -2.50. The number of carbonyl (C=O) groups excluding carboxylic acids is 2. The predicted octanol–water partition coefficient (Wildman–Crippen LogP) is 2.49. The Morgan fingerprint density at radius 2 is 1.83 bits per heavy atom. The van der Waals surface area contributed by atoms with Gasteiger partial charge in [0, 0.05) is 39.8 Å². The van der Waals surface area contributed by atoms with Gasteiger partial charge in [-0.25, -0.2) is 0 Å². The highest BCUT2D eigenvalue weighted by Gasteiger charge is 2.33. The van der Waals surface area contributed by atoms with Crippen molar-refractivity contribution in [1.29, 1.82) is 0 Å². The van der Waals surface area contributed by atoms with Crippen LogP contribution in [0.1, 0.15) is 44.2 Å². The Balaban J connectivity index is 1.97. The first-order chi connectivity index (χ1) is 17.0. The molecule has 3 atom stereocenters. The first kappa shape index (κ1) is 29.9. The molecule has 8 nitrogen and oxygen atoms in total. The van der Waals surface area contributed by atoms with Crippen LogP contribution in [0.4, 0.5) is 13.2 Å². The molecule has 0 spiro atoms. The third-order valence-electron chi connectivity index (χ3n) is 5.94. The maximum Gasteiger partial charge on any atom is 0.416 e. The van der Waals surface area contributed by atoms with Gasteiger partial charge in [-0.2, -0.15) is 13.2 Å².